The van der Waals surface area contributed by atoms with E-state index in [1.807, 2.05) is 12.1 Å². The molecule has 0 aliphatic heterocycles. The van der Waals surface area contributed by atoms with Crippen molar-refractivity contribution in [1.82, 2.24) is 9.13 Å². The molecule has 0 spiro atoms. The second kappa shape index (κ2) is 11.2. The van der Waals surface area contributed by atoms with Crippen molar-refractivity contribution in [2.45, 2.75) is 52.4 Å². The van der Waals surface area contributed by atoms with Gasteiger partial charge in [-0.1, -0.05) is 96.1 Å². The lowest BCUT2D eigenvalue weighted by Gasteiger charge is -2.19. The van der Waals surface area contributed by atoms with Gasteiger partial charge in [-0.25, -0.2) is 0 Å². The average molecular weight is 647 g/mol. The van der Waals surface area contributed by atoms with Crippen LogP contribution < -0.4 is 0 Å². The van der Waals surface area contributed by atoms with Gasteiger partial charge in [-0.15, -0.1) is 0 Å². The SMILES string of the molecule is CC(C)(C)c1ccc2c(c1)c1ccc(-c3cccc4c3c3cc(C(C)(C)C)ccc3n4-c3ccc(C#N)c(C#N)c3)cc1n2-c1ccccc1. The summed E-state index contributed by atoms with van der Waals surface area (Å²) in [6.45, 7) is 13.5. The Morgan fingerprint density at radius 2 is 1.10 bits per heavy atom. The monoisotopic (exact) mass is 646 g/mol. The molecule has 8 aromatic rings. The van der Waals surface area contributed by atoms with Crippen molar-refractivity contribution < 1.29 is 0 Å². The van der Waals surface area contributed by atoms with Crippen LogP contribution in [0.25, 0.3) is 66.1 Å². The molecule has 0 saturated heterocycles. The smallest absolute Gasteiger partial charge is 0.101 e. The Morgan fingerprint density at radius 3 is 1.76 bits per heavy atom. The van der Waals surface area contributed by atoms with Gasteiger partial charge in [0.2, 0.25) is 0 Å². The molecule has 50 heavy (non-hydrogen) atoms. The van der Waals surface area contributed by atoms with E-state index < -0.39 is 0 Å². The van der Waals surface area contributed by atoms with E-state index in [-0.39, 0.29) is 10.8 Å². The third-order valence-electron chi connectivity index (χ3n) is 10.1. The van der Waals surface area contributed by atoms with E-state index in [1.165, 1.54) is 27.4 Å². The summed E-state index contributed by atoms with van der Waals surface area (Å²) in [6.07, 6.45) is 0. The van der Waals surface area contributed by atoms with Crippen LogP contribution in [0.5, 0.6) is 0 Å². The highest BCUT2D eigenvalue weighted by molar-refractivity contribution is 6.17. The number of fused-ring (bicyclic) bond motifs is 6. The second-order valence-electron chi connectivity index (χ2n) is 15.4. The van der Waals surface area contributed by atoms with E-state index >= 15 is 0 Å². The van der Waals surface area contributed by atoms with Gasteiger partial charge in [-0.2, -0.15) is 10.5 Å². The van der Waals surface area contributed by atoms with Gasteiger partial charge in [0, 0.05) is 32.9 Å². The van der Waals surface area contributed by atoms with Gasteiger partial charge < -0.3 is 9.13 Å². The van der Waals surface area contributed by atoms with Gasteiger partial charge in [0.15, 0.2) is 0 Å². The molecule has 6 aromatic carbocycles. The van der Waals surface area contributed by atoms with Crippen molar-refractivity contribution in [3.63, 3.8) is 0 Å². The van der Waals surface area contributed by atoms with Crippen molar-refractivity contribution in [2.24, 2.45) is 0 Å². The Balaban J connectivity index is 1.46. The Kier molecular flexibility index (Phi) is 7.00. The van der Waals surface area contributed by atoms with E-state index in [4.69, 9.17) is 0 Å². The molecule has 0 amide bonds. The predicted molar refractivity (Wildman–Crippen MR) is 207 cm³/mol. The highest BCUT2D eigenvalue weighted by Gasteiger charge is 2.22. The maximum absolute atomic E-state index is 9.90. The summed E-state index contributed by atoms with van der Waals surface area (Å²) in [5.41, 5.74) is 12.1. The molecular formula is C46H38N4. The molecule has 0 aliphatic rings. The Morgan fingerprint density at radius 1 is 0.460 bits per heavy atom. The van der Waals surface area contributed by atoms with Crippen LogP contribution in [0.15, 0.2) is 121 Å². The molecule has 4 nitrogen and oxygen atoms in total. The largest absolute Gasteiger partial charge is 0.309 e. The highest BCUT2D eigenvalue weighted by atomic mass is 15.0. The predicted octanol–water partition coefficient (Wildman–Crippen LogP) is 11.9. The minimum absolute atomic E-state index is 0.0357. The summed E-state index contributed by atoms with van der Waals surface area (Å²) >= 11 is 0. The topological polar surface area (TPSA) is 57.4 Å². The Bertz CT molecular complexity index is 2730. The number of para-hydroxylation sites is 1. The molecule has 2 heterocycles. The van der Waals surface area contributed by atoms with Gasteiger partial charge in [0.25, 0.3) is 0 Å². The molecule has 0 aliphatic carbocycles. The summed E-state index contributed by atoms with van der Waals surface area (Å²) < 4.78 is 4.62. The number of nitriles is 2. The van der Waals surface area contributed by atoms with Crippen LogP contribution in [0.2, 0.25) is 0 Å². The summed E-state index contributed by atoms with van der Waals surface area (Å²) in [5.74, 6) is 0. The van der Waals surface area contributed by atoms with E-state index in [0.717, 1.165) is 49.8 Å². The first-order valence-corrected chi connectivity index (χ1v) is 17.1. The van der Waals surface area contributed by atoms with Crippen LogP contribution in [0.3, 0.4) is 0 Å². The van der Waals surface area contributed by atoms with Crippen molar-refractivity contribution >= 4 is 43.6 Å². The quantitative estimate of drug-likeness (QED) is 0.192. The standard InChI is InChI=1S/C46H38N4/c1-45(2,3)32-17-21-40-38(25-32)37-20-16-29(24-43(37)49(40)34-11-8-7-9-12-34)36-13-10-14-42-44(36)39-26-33(46(4,5)6)18-22-41(39)50(42)35-19-15-30(27-47)31(23-35)28-48/h7-26H,1-6H3. The minimum atomic E-state index is -0.0403. The molecule has 0 unspecified atom stereocenters. The summed E-state index contributed by atoms with van der Waals surface area (Å²) in [5, 5.41) is 24.3. The van der Waals surface area contributed by atoms with Gasteiger partial charge >= 0.3 is 0 Å². The van der Waals surface area contributed by atoms with Gasteiger partial charge in [0.05, 0.1) is 33.2 Å². The second-order valence-corrected chi connectivity index (χ2v) is 15.4. The fourth-order valence-corrected chi connectivity index (χ4v) is 7.43. The zero-order chi connectivity index (χ0) is 34.9. The van der Waals surface area contributed by atoms with Gasteiger partial charge in [0.1, 0.15) is 12.1 Å². The molecule has 0 radical (unpaired) electrons. The number of hydrogen-bond acceptors (Lipinski definition) is 2. The van der Waals surface area contributed by atoms with E-state index in [1.54, 1.807) is 6.07 Å². The van der Waals surface area contributed by atoms with E-state index in [0.29, 0.717) is 11.1 Å². The van der Waals surface area contributed by atoms with E-state index in [2.05, 4.69) is 166 Å². The molecule has 0 fully saturated rings. The normalized spacial score (nSPS) is 12.2. The zero-order valence-electron chi connectivity index (χ0n) is 29.3. The molecule has 242 valence electrons. The Labute approximate surface area is 293 Å². The molecule has 0 N–H and O–H groups in total. The first-order valence-electron chi connectivity index (χ1n) is 17.1. The molecule has 2 aromatic heterocycles. The lowest BCUT2D eigenvalue weighted by molar-refractivity contribution is 0.591. The summed E-state index contributed by atoms with van der Waals surface area (Å²) in [6, 6.07) is 47.6. The van der Waals surface area contributed by atoms with Crippen LogP contribution in [0.1, 0.15) is 63.8 Å². The zero-order valence-corrected chi connectivity index (χ0v) is 29.3. The van der Waals surface area contributed by atoms with Crippen LogP contribution in [0.4, 0.5) is 0 Å². The van der Waals surface area contributed by atoms with Crippen molar-refractivity contribution in [2.75, 3.05) is 0 Å². The average Bonchev–Trinajstić information content (AvgIpc) is 3.62. The highest BCUT2D eigenvalue weighted by Crippen LogP contribution is 2.43. The lowest BCUT2D eigenvalue weighted by Crippen LogP contribution is -2.10. The van der Waals surface area contributed by atoms with Gasteiger partial charge in [-0.05, 0) is 99.8 Å². The van der Waals surface area contributed by atoms with Crippen LogP contribution in [-0.2, 0) is 10.8 Å². The number of hydrogen-bond donors (Lipinski definition) is 0. The first kappa shape index (κ1) is 31.2. The first-order chi connectivity index (χ1) is 24.0. The molecule has 0 saturated carbocycles. The third kappa shape index (κ3) is 4.88. The van der Waals surface area contributed by atoms with Crippen LogP contribution >= 0.6 is 0 Å². The molecule has 8 rings (SSSR count). The third-order valence-corrected chi connectivity index (χ3v) is 10.1. The summed E-state index contributed by atoms with van der Waals surface area (Å²) in [4.78, 5) is 0. The Hall–Kier alpha value is -6.10. The summed E-state index contributed by atoms with van der Waals surface area (Å²) in [7, 11) is 0. The molecule has 4 heteroatoms. The van der Waals surface area contributed by atoms with E-state index in [9.17, 15) is 10.5 Å². The van der Waals surface area contributed by atoms with Crippen LogP contribution in [-0.4, -0.2) is 9.13 Å². The molecule has 0 atom stereocenters. The van der Waals surface area contributed by atoms with Crippen molar-refractivity contribution in [1.29, 1.82) is 10.5 Å². The van der Waals surface area contributed by atoms with Gasteiger partial charge in [-0.3, -0.25) is 0 Å². The number of rotatable bonds is 3. The number of nitrogens with zero attached hydrogens (tertiary/aromatic N) is 4. The number of benzene rings is 6. The van der Waals surface area contributed by atoms with Crippen LogP contribution in [0, 0.1) is 22.7 Å². The molecule has 0 bridgehead atoms. The fraction of sp³-hybridized carbons (Fsp3) is 0.174. The lowest BCUT2D eigenvalue weighted by atomic mass is 9.86. The maximum Gasteiger partial charge on any atom is 0.101 e. The maximum atomic E-state index is 9.90. The van der Waals surface area contributed by atoms with Crippen molar-refractivity contribution in [3.8, 4) is 34.6 Å². The molecular weight excluding hydrogens is 609 g/mol. The van der Waals surface area contributed by atoms with Crippen molar-refractivity contribution in [3.05, 3.63) is 144 Å². The minimum Gasteiger partial charge on any atom is -0.309 e. The number of aromatic nitrogens is 2. The fourth-order valence-electron chi connectivity index (χ4n) is 7.43.